The van der Waals surface area contributed by atoms with Crippen molar-refractivity contribution in [2.75, 3.05) is 0 Å². The highest BCUT2D eigenvalue weighted by atomic mass is 32.2. The summed E-state index contributed by atoms with van der Waals surface area (Å²) in [7, 11) is -4.02. The van der Waals surface area contributed by atoms with E-state index in [-0.39, 0.29) is 4.90 Å². The van der Waals surface area contributed by atoms with Crippen LogP contribution in [0.25, 0.3) is 0 Å². The second-order valence-corrected chi connectivity index (χ2v) is 6.91. The van der Waals surface area contributed by atoms with E-state index in [0.717, 1.165) is 16.8 Å². The van der Waals surface area contributed by atoms with Gasteiger partial charge in [0.25, 0.3) is 10.1 Å². The first-order valence-electron chi connectivity index (χ1n) is 7.85. The van der Waals surface area contributed by atoms with Crippen LogP contribution >= 0.6 is 0 Å². The molecule has 0 aromatic heterocycles. The minimum atomic E-state index is -4.02. The van der Waals surface area contributed by atoms with E-state index in [1.807, 2.05) is 67.6 Å². The molecule has 0 amide bonds. The van der Waals surface area contributed by atoms with Gasteiger partial charge in [-0.05, 0) is 31.2 Å². The van der Waals surface area contributed by atoms with E-state index >= 15 is 0 Å². The van der Waals surface area contributed by atoms with Gasteiger partial charge in [-0.25, -0.2) is 4.99 Å². The van der Waals surface area contributed by atoms with E-state index in [9.17, 15) is 8.42 Å². The molecule has 3 rings (SSSR count). The van der Waals surface area contributed by atoms with Gasteiger partial charge in [0.2, 0.25) is 0 Å². The second kappa shape index (κ2) is 8.94. The van der Waals surface area contributed by atoms with Crippen LogP contribution in [0.15, 0.2) is 94.8 Å². The van der Waals surface area contributed by atoms with Crippen molar-refractivity contribution in [2.45, 2.75) is 11.8 Å². The predicted molar refractivity (Wildman–Crippen MR) is 104 cm³/mol. The molecule has 6 heteroatoms. The van der Waals surface area contributed by atoms with Crippen LogP contribution in [0.1, 0.15) is 11.1 Å². The summed E-state index contributed by atoms with van der Waals surface area (Å²) in [6, 6.07) is 25.4. The Labute approximate surface area is 153 Å². The van der Waals surface area contributed by atoms with Gasteiger partial charge in [0.1, 0.15) is 5.84 Å². The molecule has 0 heterocycles. The van der Waals surface area contributed by atoms with E-state index in [1.54, 1.807) is 12.1 Å². The third-order valence-electron chi connectivity index (χ3n) is 3.39. The van der Waals surface area contributed by atoms with Crippen LogP contribution in [0.5, 0.6) is 0 Å². The number of para-hydroxylation sites is 1. The molecule has 0 atom stereocenters. The Kier molecular flexibility index (Phi) is 6.66. The third-order valence-corrected chi connectivity index (χ3v) is 4.26. The van der Waals surface area contributed by atoms with Gasteiger partial charge in [0.05, 0.1) is 10.6 Å². The second-order valence-electron chi connectivity index (χ2n) is 5.49. The molecule has 0 spiro atoms. The Hall–Kier alpha value is -2.96. The Morgan fingerprint density at radius 3 is 1.85 bits per heavy atom. The summed E-state index contributed by atoms with van der Waals surface area (Å²) in [5.41, 5.74) is 8.65. The van der Waals surface area contributed by atoms with Gasteiger partial charge in [0.15, 0.2) is 0 Å². The third kappa shape index (κ3) is 6.16. The van der Waals surface area contributed by atoms with Crippen LogP contribution in [-0.4, -0.2) is 18.8 Å². The van der Waals surface area contributed by atoms with E-state index in [0.29, 0.717) is 5.84 Å². The standard InChI is InChI=1S/C13H12N2.C7H8O3S/c14-13(11-7-3-1-4-8-11)15-12-9-5-2-6-10-12;1-6-2-4-7(5-3-6)11(8,9)10/h1-10H,(H2,14,15);2-5H,1H3,(H,8,9,10). The Morgan fingerprint density at radius 2 is 1.35 bits per heavy atom. The molecule has 0 bridgehead atoms. The van der Waals surface area contributed by atoms with Crippen LogP contribution in [0.2, 0.25) is 0 Å². The Bertz CT molecular complexity index is 953. The maximum absolute atomic E-state index is 10.5. The summed E-state index contributed by atoms with van der Waals surface area (Å²) in [6.45, 7) is 1.84. The van der Waals surface area contributed by atoms with E-state index in [2.05, 4.69) is 4.99 Å². The normalized spacial score (nSPS) is 11.4. The van der Waals surface area contributed by atoms with Gasteiger partial charge in [-0.2, -0.15) is 8.42 Å². The highest BCUT2D eigenvalue weighted by molar-refractivity contribution is 7.85. The fourth-order valence-corrected chi connectivity index (χ4v) is 2.51. The van der Waals surface area contributed by atoms with Crippen LogP contribution in [0.4, 0.5) is 5.69 Å². The van der Waals surface area contributed by atoms with Crippen LogP contribution in [0.3, 0.4) is 0 Å². The highest BCUT2D eigenvalue weighted by Gasteiger charge is 2.06. The maximum Gasteiger partial charge on any atom is 0.294 e. The zero-order chi connectivity index (χ0) is 19.0. The van der Waals surface area contributed by atoms with Gasteiger partial charge < -0.3 is 5.73 Å². The first kappa shape index (κ1) is 19.4. The molecule has 0 saturated heterocycles. The molecular weight excluding hydrogens is 348 g/mol. The number of benzene rings is 3. The average molecular weight is 368 g/mol. The zero-order valence-corrected chi connectivity index (χ0v) is 15.1. The molecule has 0 unspecified atom stereocenters. The van der Waals surface area contributed by atoms with Gasteiger partial charge in [-0.3, -0.25) is 4.55 Å². The van der Waals surface area contributed by atoms with Crippen molar-refractivity contribution < 1.29 is 13.0 Å². The van der Waals surface area contributed by atoms with E-state index in [1.165, 1.54) is 12.1 Å². The molecular formula is C20H20N2O3S. The monoisotopic (exact) mass is 368 g/mol. The maximum atomic E-state index is 10.5. The molecule has 3 aromatic carbocycles. The molecule has 5 nitrogen and oxygen atoms in total. The van der Waals surface area contributed by atoms with Crippen LogP contribution in [-0.2, 0) is 10.1 Å². The highest BCUT2D eigenvalue weighted by Crippen LogP contribution is 2.11. The molecule has 0 fully saturated rings. The average Bonchev–Trinajstić information content (AvgIpc) is 2.63. The molecule has 0 aliphatic heterocycles. The molecule has 0 aliphatic rings. The molecule has 3 aromatic rings. The summed E-state index contributed by atoms with van der Waals surface area (Å²) < 4.78 is 29.6. The summed E-state index contributed by atoms with van der Waals surface area (Å²) in [4.78, 5) is 4.26. The SMILES string of the molecule is Cc1ccc(S(=O)(=O)O)cc1.NC(=Nc1ccccc1)c1ccccc1. The minimum absolute atomic E-state index is 0.0666. The lowest BCUT2D eigenvalue weighted by Gasteiger charge is -2.00. The fourth-order valence-electron chi connectivity index (χ4n) is 2.03. The number of aryl methyl sites for hydroxylation is 1. The Morgan fingerprint density at radius 1 is 0.846 bits per heavy atom. The summed E-state index contributed by atoms with van der Waals surface area (Å²) in [5.74, 6) is 0.543. The summed E-state index contributed by atoms with van der Waals surface area (Å²) in [5, 5.41) is 0. The van der Waals surface area contributed by atoms with Gasteiger partial charge in [-0.1, -0.05) is 66.2 Å². The minimum Gasteiger partial charge on any atom is -0.383 e. The molecule has 0 saturated carbocycles. The topological polar surface area (TPSA) is 92.8 Å². The van der Waals surface area contributed by atoms with E-state index in [4.69, 9.17) is 10.3 Å². The number of hydrogen-bond acceptors (Lipinski definition) is 3. The van der Waals surface area contributed by atoms with Crippen LogP contribution in [0, 0.1) is 6.92 Å². The molecule has 0 aliphatic carbocycles. The van der Waals surface area contributed by atoms with E-state index < -0.39 is 10.1 Å². The molecule has 26 heavy (non-hydrogen) atoms. The van der Waals surface area contributed by atoms with Crippen molar-refractivity contribution in [1.82, 2.24) is 0 Å². The number of rotatable bonds is 3. The number of nitrogens with zero attached hydrogens (tertiary/aromatic N) is 1. The largest absolute Gasteiger partial charge is 0.383 e. The van der Waals surface area contributed by atoms with Crippen molar-refractivity contribution >= 4 is 21.6 Å². The summed E-state index contributed by atoms with van der Waals surface area (Å²) in [6.07, 6.45) is 0. The summed E-state index contributed by atoms with van der Waals surface area (Å²) >= 11 is 0. The predicted octanol–water partition coefficient (Wildman–Crippen LogP) is 3.97. The fraction of sp³-hybridized carbons (Fsp3) is 0.0500. The van der Waals surface area contributed by atoms with Gasteiger partial charge >= 0.3 is 0 Å². The van der Waals surface area contributed by atoms with Crippen molar-refractivity contribution in [2.24, 2.45) is 10.7 Å². The lowest BCUT2D eigenvalue weighted by atomic mass is 10.2. The zero-order valence-electron chi connectivity index (χ0n) is 14.3. The number of amidine groups is 1. The Balaban J connectivity index is 0.000000197. The number of nitrogens with two attached hydrogens (primary N) is 1. The first-order valence-corrected chi connectivity index (χ1v) is 9.29. The number of aliphatic imine (C=N–C) groups is 1. The van der Waals surface area contributed by atoms with Gasteiger partial charge in [-0.15, -0.1) is 0 Å². The molecule has 3 N–H and O–H groups in total. The number of hydrogen-bond donors (Lipinski definition) is 2. The molecule has 134 valence electrons. The van der Waals surface area contributed by atoms with Crippen molar-refractivity contribution in [3.8, 4) is 0 Å². The van der Waals surface area contributed by atoms with Crippen LogP contribution < -0.4 is 5.73 Å². The smallest absolute Gasteiger partial charge is 0.294 e. The quantitative estimate of drug-likeness (QED) is 0.416. The lowest BCUT2D eigenvalue weighted by Crippen LogP contribution is -2.12. The molecule has 0 radical (unpaired) electrons. The van der Waals surface area contributed by atoms with Crippen molar-refractivity contribution in [3.63, 3.8) is 0 Å². The van der Waals surface area contributed by atoms with Crippen molar-refractivity contribution in [1.29, 1.82) is 0 Å². The van der Waals surface area contributed by atoms with Crippen molar-refractivity contribution in [3.05, 3.63) is 96.1 Å². The lowest BCUT2D eigenvalue weighted by molar-refractivity contribution is 0.483. The first-order chi connectivity index (χ1) is 12.4. The van der Waals surface area contributed by atoms with Gasteiger partial charge in [0, 0.05) is 5.56 Å².